The summed E-state index contributed by atoms with van der Waals surface area (Å²) in [5.74, 6) is 0.176. The SMILES string of the molecule is COc1ccc([N+](=O)[O-])cc1NCC(=O)Nc1ccc(C)cc1C. The lowest BCUT2D eigenvalue weighted by Gasteiger charge is -2.12. The zero-order valence-electron chi connectivity index (χ0n) is 13.8. The maximum absolute atomic E-state index is 12.1. The van der Waals surface area contributed by atoms with E-state index in [2.05, 4.69) is 10.6 Å². The Bertz CT molecular complexity index is 774. The third-order valence-electron chi connectivity index (χ3n) is 3.49. The van der Waals surface area contributed by atoms with Crippen LogP contribution in [0.3, 0.4) is 0 Å². The minimum atomic E-state index is -0.500. The molecule has 0 saturated heterocycles. The van der Waals surface area contributed by atoms with Crippen LogP contribution in [-0.2, 0) is 4.79 Å². The molecule has 0 radical (unpaired) electrons. The molecule has 2 N–H and O–H groups in total. The third-order valence-corrected chi connectivity index (χ3v) is 3.49. The number of anilines is 2. The lowest BCUT2D eigenvalue weighted by molar-refractivity contribution is -0.384. The van der Waals surface area contributed by atoms with Crippen molar-refractivity contribution >= 4 is 23.0 Å². The molecule has 0 aliphatic heterocycles. The average molecular weight is 329 g/mol. The number of amides is 1. The molecule has 0 heterocycles. The third kappa shape index (κ3) is 4.22. The van der Waals surface area contributed by atoms with Gasteiger partial charge in [-0.15, -0.1) is 0 Å². The predicted octanol–water partition coefficient (Wildman–Crippen LogP) is 3.27. The number of ether oxygens (including phenoxy) is 1. The Morgan fingerprint density at radius 1 is 1.17 bits per heavy atom. The minimum Gasteiger partial charge on any atom is -0.495 e. The van der Waals surface area contributed by atoms with Gasteiger partial charge in [-0.3, -0.25) is 14.9 Å². The molecule has 0 aromatic heterocycles. The number of benzene rings is 2. The topological polar surface area (TPSA) is 93.5 Å². The van der Waals surface area contributed by atoms with E-state index in [9.17, 15) is 14.9 Å². The number of nitrogens with zero attached hydrogens (tertiary/aromatic N) is 1. The number of nitro benzene ring substituents is 1. The van der Waals surface area contributed by atoms with Crippen molar-refractivity contribution in [2.75, 3.05) is 24.3 Å². The van der Waals surface area contributed by atoms with Gasteiger partial charge in [0.2, 0.25) is 5.91 Å². The molecule has 1 amide bonds. The second-order valence-electron chi connectivity index (χ2n) is 5.36. The van der Waals surface area contributed by atoms with E-state index in [0.29, 0.717) is 11.4 Å². The summed E-state index contributed by atoms with van der Waals surface area (Å²) < 4.78 is 5.15. The van der Waals surface area contributed by atoms with Crippen molar-refractivity contribution in [1.29, 1.82) is 0 Å². The standard InChI is InChI=1S/C17H19N3O4/c1-11-4-6-14(12(2)8-11)19-17(21)10-18-15-9-13(20(22)23)5-7-16(15)24-3/h4-9,18H,10H2,1-3H3,(H,19,21). The van der Waals surface area contributed by atoms with Crippen molar-refractivity contribution in [3.8, 4) is 5.75 Å². The lowest BCUT2D eigenvalue weighted by Crippen LogP contribution is -2.22. The van der Waals surface area contributed by atoms with Gasteiger partial charge in [0.25, 0.3) is 5.69 Å². The molecule has 7 heteroatoms. The van der Waals surface area contributed by atoms with Gasteiger partial charge in [-0.1, -0.05) is 17.7 Å². The lowest BCUT2D eigenvalue weighted by atomic mass is 10.1. The summed E-state index contributed by atoms with van der Waals surface area (Å²) in [7, 11) is 1.46. The van der Waals surface area contributed by atoms with E-state index in [1.165, 1.54) is 25.3 Å². The van der Waals surface area contributed by atoms with Gasteiger partial charge < -0.3 is 15.4 Å². The largest absolute Gasteiger partial charge is 0.495 e. The summed E-state index contributed by atoms with van der Waals surface area (Å²) in [5.41, 5.74) is 3.13. The number of aryl methyl sites for hydroxylation is 2. The molecule has 126 valence electrons. The second kappa shape index (κ2) is 7.45. The maximum Gasteiger partial charge on any atom is 0.271 e. The van der Waals surface area contributed by atoms with Crippen molar-refractivity contribution in [3.05, 3.63) is 57.6 Å². The summed E-state index contributed by atoms with van der Waals surface area (Å²) >= 11 is 0. The highest BCUT2D eigenvalue weighted by Crippen LogP contribution is 2.28. The molecule has 0 bridgehead atoms. The number of carbonyl (C=O) groups excluding carboxylic acids is 1. The Hall–Kier alpha value is -3.09. The van der Waals surface area contributed by atoms with Gasteiger partial charge in [-0.2, -0.15) is 0 Å². The summed E-state index contributed by atoms with van der Waals surface area (Å²) in [5, 5.41) is 16.5. The number of nitro groups is 1. The highest BCUT2D eigenvalue weighted by atomic mass is 16.6. The highest BCUT2D eigenvalue weighted by Gasteiger charge is 2.12. The molecule has 2 rings (SSSR count). The van der Waals surface area contributed by atoms with E-state index in [1.807, 2.05) is 32.0 Å². The smallest absolute Gasteiger partial charge is 0.271 e. The molecule has 7 nitrogen and oxygen atoms in total. The molecule has 0 atom stereocenters. The number of non-ortho nitro benzene ring substituents is 1. The van der Waals surface area contributed by atoms with Gasteiger partial charge in [-0.25, -0.2) is 0 Å². The van der Waals surface area contributed by atoms with E-state index in [1.54, 1.807) is 0 Å². The predicted molar refractivity (Wildman–Crippen MR) is 92.7 cm³/mol. The fraction of sp³-hybridized carbons (Fsp3) is 0.235. The molecule has 24 heavy (non-hydrogen) atoms. The van der Waals surface area contributed by atoms with Gasteiger partial charge in [0.1, 0.15) is 5.75 Å². The van der Waals surface area contributed by atoms with E-state index < -0.39 is 4.92 Å². The van der Waals surface area contributed by atoms with Gasteiger partial charge in [0.05, 0.1) is 24.3 Å². The van der Waals surface area contributed by atoms with Crippen molar-refractivity contribution in [3.63, 3.8) is 0 Å². The van der Waals surface area contributed by atoms with Crippen LogP contribution < -0.4 is 15.4 Å². The van der Waals surface area contributed by atoms with Gasteiger partial charge >= 0.3 is 0 Å². The van der Waals surface area contributed by atoms with Gasteiger partial charge in [0.15, 0.2) is 0 Å². The fourth-order valence-corrected chi connectivity index (χ4v) is 2.27. The molecule has 0 spiro atoms. The van der Waals surface area contributed by atoms with Crippen LogP contribution in [0.15, 0.2) is 36.4 Å². The molecular weight excluding hydrogens is 310 g/mol. The Balaban J connectivity index is 2.05. The monoisotopic (exact) mass is 329 g/mol. The van der Waals surface area contributed by atoms with Crippen molar-refractivity contribution in [2.45, 2.75) is 13.8 Å². The van der Waals surface area contributed by atoms with Gasteiger partial charge in [-0.05, 0) is 31.5 Å². The van der Waals surface area contributed by atoms with Gasteiger partial charge in [0, 0.05) is 17.8 Å². The number of carbonyl (C=O) groups is 1. The first kappa shape index (κ1) is 17.3. The first-order valence-electron chi connectivity index (χ1n) is 7.34. The minimum absolute atomic E-state index is 0.0369. The first-order chi connectivity index (χ1) is 11.4. The van der Waals surface area contributed by atoms with Crippen LogP contribution in [-0.4, -0.2) is 24.5 Å². The molecule has 0 aliphatic rings. The van der Waals surface area contributed by atoms with Crippen LogP contribution in [0.5, 0.6) is 5.75 Å². The van der Waals surface area contributed by atoms with E-state index in [-0.39, 0.29) is 18.1 Å². The summed E-state index contributed by atoms with van der Waals surface area (Å²) in [6.07, 6.45) is 0. The van der Waals surface area contributed by atoms with Crippen LogP contribution in [0.4, 0.5) is 17.1 Å². The summed E-state index contributed by atoms with van der Waals surface area (Å²) in [6.45, 7) is 3.86. The summed E-state index contributed by atoms with van der Waals surface area (Å²) in [6, 6.07) is 9.91. The van der Waals surface area contributed by atoms with Crippen molar-refractivity contribution in [1.82, 2.24) is 0 Å². The maximum atomic E-state index is 12.1. The highest BCUT2D eigenvalue weighted by molar-refractivity contribution is 5.94. The Kier molecular flexibility index (Phi) is 5.36. The van der Waals surface area contributed by atoms with Crippen LogP contribution in [0.2, 0.25) is 0 Å². The van der Waals surface area contributed by atoms with Crippen molar-refractivity contribution < 1.29 is 14.5 Å². The van der Waals surface area contributed by atoms with Crippen LogP contribution in [0.25, 0.3) is 0 Å². The zero-order chi connectivity index (χ0) is 17.7. The number of rotatable bonds is 6. The Morgan fingerprint density at radius 3 is 2.54 bits per heavy atom. The number of nitrogens with one attached hydrogen (secondary N) is 2. The van der Waals surface area contributed by atoms with E-state index in [0.717, 1.165) is 16.8 Å². The number of hydrogen-bond acceptors (Lipinski definition) is 5. The number of hydrogen-bond donors (Lipinski definition) is 2. The fourth-order valence-electron chi connectivity index (χ4n) is 2.27. The quantitative estimate of drug-likeness (QED) is 0.626. The molecular formula is C17H19N3O4. The Labute approximate surface area is 139 Å². The molecule has 0 aliphatic carbocycles. The molecule has 0 fully saturated rings. The molecule has 0 saturated carbocycles. The zero-order valence-corrected chi connectivity index (χ0v) is 13.8. The van der Waals surface area contributed by atoms with Crippen LogP contribution in [0.1, 0.15) is 11.1 Å². The molecule has 2 aromatic rings. The van der Waals surface area contributed by atoms with E-state index in [4.69, 9.17) is 4.74 Å². The average Bonchev–Trinajstić information content (AvgIpc) is 2.55. The van der Waals surface area contributed by atoms with E-state index >= 15 is 0 Å². The Morgan fingerprint density at radius 2 is 1.92 bits per heavy atom. The second-order valence-corrected chi connectivity index (χ2v) is 5.36. The molecule has 2 aromatic carbocycles. The van der Waals surface area contributed by atoms with Crippen LogP contribution in [0, 0.1) is 24.0 Å². The number of methoxy groups -OCH3 is 1. The first-order valence-corrected chi connectivity index (χ1v) is 7.34. The van der Waals surface area contributed by atoms with Crippen LogP contribution >= 0.6 is 0 Å². The normalized spacial score (nSPS) is 10.1. The van der Waals surface area contributed by atoms with Crippen molar-refractivity contribution in [2.24, 2.45) is 0 Å². The molecule has 0 unspecified atom stereocenters. The summed E-state index contributed by atoms with van der Waals surface area (Å²) in [4.78, 5) is 22.4.